The van der Waals surface area contributed by atoms with Crippen molar-refractivity contribution in [3.8, 4) is 5.69 Å². The summed E-state index contributed by atoms with van der Waals surface area (Å²) in [6, 6.07) is 14.8. The summed E-state index contributed by atoms with van der Waals surface area (Å²) in [6.07, 6.45) is 4.61. The Morgan fingerprint density at radius 1 is 1.03 bits per heavy atom. The van der Waals surface area contributed by atoms with Crippen molar-refractivity contribution in [1.29, 1.82) is 0 Å². The highest BCUT2D eigenvalue weighted by Crippen LogP contribution is 2.29. The minimum absolute atomic E-state index is 0.0221. The van der Waals surface area contributed by atoms with Gasteiger partial charge in [-0.3, -0.25) is 14.3 Å². The first-order valence-corrected chi connectivity index (χ1v) is 13.3. The van der Waals surface area contributed by atoms with E-state index in [2.05, 4.69) is 53.2 Å². The number of aromatic nitrogens is 3. The van der Waals surface area contributed by atoms with Crippen LogP contribution in [0.4, 0.5) is 4.39 Å². The molecule has 0 N–H and O–H groups in total. The van der Waals surface area contributed by atoms with Crippen LogP contribution < -0.4 is 0 Å². The number of hydrogen-bond donors (Lipinski definition) is 0. The van der Waals surface area contributed by atoms with Gasteiger partial charge < -0.3 is 4.90 Å². The fourth-order valence-electron chi connectivity index (χ4n) is 4.43. The van der Waals surface area contributed by atoms with Crippen molar-refractivity contribution in [2.24, 2.45) is 0 Å². The van der Waals surface area contributed by atoms with Crippen molar-refractivity contribution < 1.29 is 9.18 Å². The normalized spacial score (nSPS) is 15.2. The monoisotopic (exact) mass is 495 g/mol. The highest BCUT2D eigenvalue weighted by atomic mass is 32.2. The van der Waals surface area contributed by atoms with Crippen LogP contribution in [0.25, 0.3) is 5.69 Å². The molecule has 1 aliphatic rings. The van der Waals surface area contributed by atoms with Gasteiger partial charge in [-0.2, -0.15) is 0 Å². The fraction of sp³-hybridized carbons (Fsp3) is 0.444. The van der Waals surface area contributed by atoms with Crippen LogP contribution in [0.1, 0.15) is 56.1 Å². The minimum atomic E-state index is -0.287. The summed E-state index contributed by atoms with van der Waals surface area (Å²) in [6.45, 7) is 6.90. The van der Waals surface area contributed by atoms with Crippen LogP contribution in [-0.2, 0) is 17.8 Å². The molecule has 0 aliphatic carbocycles. The van der Waals surface area contributed by atoms with Crippen molar-refractivity contribution >= 4 is 17.7 Å². The Bertz CT molecular complexity index is 1110. The molecular weight excluding hydrogens is 461 g/mol. The topological polar surface area (TPSA) is 54.3 Å². The molecule has 1 saturated heterocycles. The van der Waals surface area contributed by atoms with E-state index in [-0.39, 0.29) is 23.5 Å². The van der Waals surface area contributed by atoms with Crippen LogP contribution in [0.15, 0.2) is 53.7 Å². The number of nitrogens with zero attached hydrogens (tertiary/aromatic N) is 5. The van der Waals surface area contributed by atoms with Crippen LogP contribution in [0, 0.1) is 5.82 Å². The second-order valence-corrected chi connectivity index (χ2v) is 10.1. The average molecular weight is 496 g/mol. The number of benzene rings is 2. The molecule has 1 aromatic heterocycles. The van der Waals surface area contributed by atoms with Gasteiger partial charge in [-0.25, -0.2) is 4.39 Å². The maximum atomic E-state index is 13.6. The lowest BCUT2D eigenvalue weighted by molar-refractivity contribution is -0.127. The molecule has 2 heterocycles. The first kappa shape index (κ1) is 25.4. The Morgan fingerprint density at radius 3 is 2.34 bits per heavy atom. The van der Waals surface area contributed by atoms with Crippen LogP contribution >= 0.6 is 11.8 Å². The first-order valence-electron chi connectivity index (χ1n) is 12.4. The molecule has 6 nitrogen and oxygen atoms in total. The summed E-state index contributed by atoms with van der Waals surface area (Å²) >= 11 is 1.37. The highest BCUT2D eigenvalue weighted by molar-refractivity contribution is 7.99. The van der Waals surface area contributed by atoms with Crippen LogP contribution in [-0.4, -0.2) is 56.4 Å². The standard InChI is InChI=1S/C27H34FN5OS/c1-4-21-8-10-22(11-9-21)18-31(3)25(34)19-35-27-30-29-26(20(2)32-16-6-5-7-17-32)33(27)24-14-12-23(28)13-15-24/h8-15,20H,4-7,16-19H2,1-3H3. The van der Waals surface area contributed by atoms with E-state index in [1.807, 2.05) is 11.6 Å². The zero-order valence-electron chi connectivity index (χ0n) is 20.8. The average Bonchev–Trinajstić information content (AvgIpc) is 3.32. The molecule has 0 saturated carbocycles. The number of amides is 1. The Hall–Kier alpha value is -2.71. The quantitative estimate of drug-likeness (QED) is 0.379. The van der Waals surface area contributed by atoms with Crippen LogP contribution in [0.5, 0.6) is 0 Å². The molecule has 4 rings (SSSR count). The smallest absolute Gasteiger partial charge is 0.233 e. The second kappa shape index (κ2) is 11.8. The molecule has 35 heavy (non-hydrogen) atoms. The molecule has 1 amide bonds. The Labute approximate surface area is 211 Å². The van der Waals surface area contributed by atoms with E-state index in [1.54, 1.807) is 17.0 Å². The zero-order chi connectivity index (χ0) is 24.8. The minimum Gasteiger partial charge on any atom is -0.341 e. The second-order valence-electron chi connectivity index (χ2n) is 9.13. The molecule has 186 valence electrons. The number of thioether (sulfide) groups is 1. The van der Waals surface area contributed by atoms with Gasteiger partial charge in [0.05, 0.1) is 11.8 Å². The van der Waals surface area contributed by atoms with Crippen molar-refractivity contribution in [3.05, 3.63) is 71.3 Å². The lowest BCUT2D eigenvalue weighted by Gasteiger charge is -2.31. The molecular formula is C27H34FN5OS. The predicted octanol–water partition coefficient (Wildman–Crippen LogP) is 5.27. The number of piperidine rings is 1. The Morgan fingerprint density at radius 2 is 1.69 bits per heavy atom. The van der Waals surface area contributed by atoms with Crippen molar-refractivity contribution in [2.45, 2.75) is 57.3 Å². The van der Waals surface area contributed by atoms with E-state index in [4.69, 9.17) is 0 Å². The van der Waals surface area contributed by atoms with Gasteiger partial charge in [-0.1, -0.05) is 49.4 Å². The summed E-state index contributed by atoms with van der Waals surface area (Å²) in [5, 5.41) is 9.62. The van der Waals surface area contributed by atoms with Gasteiger partial charge >= 0.3 is 0 Å². The maximum absolute atomic E-state index is 13.6. The first-order chi connectivity index (χ1) is 17.0. The van der Waals surface area contributed by atoms with Gasteiger partial charge in [0.15, 0.2) is 11.0 Å². The molecule has 1 unspecified atom stereocenters. The van der Waals surface area contributed by atoms with E-state index in [1.165, 1.54) is 48.7 Å². The third-order valence-electron chi connectivity index (χ3n) is 6.66. The largest absolute Gasteiger partial charge is 0.341 e. The molecule has 1 fully saturated rings. The fourth-order valence-corrected chi connectivity index (χ4v) is 5.33. The number of carbonyl (C=O) groups is 1. The summed E-state index contributed by atoms with van der Waals surface area (Å²) in [5.74, 6) is 0.804. The predicted molar refractivity (Wildman–Crippen MR) is 138 cm³/mol. The van der Waals surface area contributed by atoms with Gasteiger partial charge in [0, 0.05) is 19.3 Å². The van der Waals surface area contributed by atoms with Gasteiger partial charge in [0.25, 0.3) is 0 Å². The summed E-state index contributed by atoms with van der Waals surface area (Å²) in [4.78, 5) is 17.1. The third kappa shape index (κ3) is 6.30. The molecule has 0 bridgehead atoms. The number of carbonyl (C=O) groups excluding carboxylic acids is 1. The summed E-state index contributed by atoms with van der Waals surface area (Å²) in [7, 11) is 1.82. The molecule has 1 atom stereocenters. The number of rotatable bonds is 9. The Balaban J connectivity index is 1.49. The molecule has 2 aromatic carbocycles. The molecule has 1 aliphatic heterocycles. The van der Waals surface area contributed by atoms with E-state index >= 15 is 0 Å². The zero-order valence-corrected chi connectivity index (χ0v) is 21.6. The highest BCUT2D eigenvalue weighted by Gasteiger charge is 2.26. The molecule has 0 radical (unpaired) electrons. The maximum Gasteiger partial charge on any atom is 0.233 e. The van der Waals surface area contributed by atoms with Gasteiger partial charge in [-0.05, 0) is 74.7 Å². The van der Waals surface area contributed by atoms with Crippen molar-refractivity contribution in [1.82, 2.24) is 24.6 Å². The van der Waals surface area contributed by atoms with E-state index < -0.39 is 0 Å². The van der Waals surface area contributed by atoms with E-state index in [0.717, 1.165) is 36.6 Å². The van der Waals surface area contributed by atoms with Crippen molar-refractivity contribution in [3.63, 3.8) is 0 Å². The van der Waals surface area contributed by atoms with Gasteiger partial charge in [-0.15, -0.1) is 10.2 Å². The third-order valence-corrected chi connectivity index (χ3v) is 7.57. The molecule has 3 aromatic rings. The summed E-state index contributed by atoms with van der Waals surface area (Å²) < 4.78 is 15.6. The van der Waals surface area contributed by atoms with E-state index in [0.29, 0.717) is 11.7 Å². The lowest BCUT2D eigenvalue weighted by Crippen LogP contribution is -2.33. The molecule has 0 spiro atoms. The van der Waals surface area contributed by atoms with Gasteiger partial charge in [0.1, 0.15) is 5.82 Å². The van der Waals surface area contributed by atoms with Crippen LogP contribution in [0.2, 0.25) is 0 Å². The van der Waals surface area contributed by atoms with E-state index in [9.17, 15) is 9.18 Å². The number of hydrogen-bond acceptors (Lipinski definition) is 5. The Kier molecular flexibility index (Phi) is 8.57. The van der Waals surface area contributed by atoms with Crippen molar-refractivity contribution in [2.75, 3.05) is 25.9 Å². The summed E-state index contributed by atoms with van der Waals surface area (Å²) in [5.41, 5.74) is 3.19. The van der Waals surface area contributed by atoms with Crippen LogP contribution in [0.3, 0.4) is 0 Å². The van der Waals surface area contributed by atoms with Gasteiger partial charge in [0.2, 0.25) is 5.91 Å². The lowest BCUT2D eigenvalue weighted by atomic mass is 10.1. The molecule has 8 heteroatoms. The number of likely N-dealkylation sites (tertiary alicyclic amines) is 1. The SMILES string of the molecule is CCc1ccc(CN(C)C(=O)CSc2nnc(C(C)N3CCCCC3)n2-c2ccc(F)cc2)cc1. The number of halogens is 1. The number of aryl methyl sites for hydroxylation is 1.